The number of nitrogens with zero attached hydrogens (tertiary/aromatic N) is 2. The molecule has 1 atom stereocenters. The minimum absolute atomic E-state index is 0.0365. The predicted molar refractivity (Wildman–Crippen MR) is 144 cm³/mol. The summed E-state index contributed by atoms with van der Waals surface area (Å²) in [5.41, 5.74) is 1.76. The van der Waals surface area contributed by atoms with E-state index in [9.17, 15) is 0 Å². The molecule has 0 amide bonds. The minimum Gasteiger partial charge on any atom is -0.493 e. The highest BCUT2D eigenvalue weighted by Gasteiger charge is 2.23. The van der Waals surface area contributed by atoms with Gasteiger partial charge in [0.15, 0.2) is 16.4 Å². The monoisotopic (exact) mass is 499 g/mol. The highest BCUT2D eigenvalue weighted by Crippen LogP contribution is 2.33. The number of thiocarbonyl (C=S) groups is 1. The molecule has 1 N–H and O–H groups in total. The van der Waals surface area contributed by atoms with Crippen LogP contribution in [-0.4, -0.2) is 67.7 Å². The second-order valence-electron chi connectivity index (χ2n) is 8.37. The van der Waals surface area contributed by atoms with Crippen LogP contribution in [0.4, 0.5) is 5.69 Å². The molecule has 34 heavy (non-hydrogen) atoms. The van der Waals surface area contributed by atoms with Crippen molar-refractivity contribution in [1.82, 2.24) is 9.80 Å². The topological polar surface area (TPSA) is 50.1 Å². The Balaban J connectivity index is 1.53. The molecular weight excluding hydrogens is 466 g/mol. The molecule has 0 bridgehead atoms. The van der Waals surface area contributed by atoms with E-state index in [0.29, 0.717) is 5.11 Å². The average molecular weight is 500 g/mol. The molecule has 1 aromatic heterocycles. The van der Waals surface area contributed by atoms with E-state index in [4.69, 9.17) is 26.1 Å². The van der Waals surface area contributed by atoms with Crippen molar-refractivity contribution >= 4 is 45.7 Å². The van der Waals surface area contributed by atoms with Gasteiger partial charge < -0.3 is 24.1 Å². The molecule has 1 saturated heterocycles. The number of morpholine rings is 1. The Morgan fingerprint density at radius 2 is 2.00 bits per heavy atom. The van der Waals surface area contributed by atoms with Crippen LogP contribution in [0.3, 0.4) is 0 Å². The second kappa shape index (κ2) is 11.9. The molecule has 8 heteroatoms. The molecule has 1 aliphatic heterocycles. The van der Waals surface area contributed by atoms with Crippen LogP contribution in [0, 0.1) is 0 Å². The maximum Gasteiger partial charge on any atom is 0.176 e. The summed E-state index contributed by atoms with van der Waals surface area (Å²) in [6.45, 7) is 7.59. The SMILES string of the molecule is COc1cccc2cc(C(C)N(CCCN3CCOCC3)C(=S)Nc3cccc(SC)c3)oc12. The molecule has 0 spiro atoms. The normalized spacial score (nSPS) is 15.3. The van der Waals surface area contributed by atoms with Gasteiger partial charge >= 0.3 is 0 Å². The standard InChI is InChI=1S/C26H33N3O3S2/c1-19(24-17-20-7-4-10-23(30-2)25(20)32-24)29(12-6-11-28-13-15-31-16-14-28)26(33)27-21-8-5-9-22(18-21)34-3/h4-5,7-10,17-19H,6,11-16H2,1-3H3,(H,27,33). The second-order valence-corrected chi connectivity index (χ2v) is 9.63. The molecule has 6 nitrogen and oxygen atoms in total. The highest BCUT2D eigenvalue weighted by atomic mass is 32.2. The van der Waals surface area contributed by atoms with Crippen LogP contribution in [0.5, 0.6) is 5.75 Å². The van der Waals surface area contributed by atoms with E-state index in [1.54, 1.807) is 18.9 Å². The Labute approximate surface area is 211 Å². The van der Waals surface area contributed by atoms with Crippen LogP contribution in [0.25, 0.3) is 11.0 Å². The van der Waals surface area contributed by atoms with Gasteiger partial charge in [0.2, 0.25) is 0 Å². The molecule has 2 heterocycles. The number of benzene rings is 2. The average Bonchev–Trinajstić information content (AvgIpc) is 3.31. The molecule has 2 aromatic carbocycles. The van der Waals surface area contributed by atoms with Crippen molar-refractivity contribution in [3.05, 3.63) is 54.3 Å². The van der Waals surface area contributed by atoms with E-state index >= 15 is 0 Å². The summed E-state index contributed by atoms with van der Waals surface area (Å²) in [6, 6.07) is 16.3. The summed E-state index contributed by atoms with van der Waals surface area (Å²) in [5, 5.41) is 5.18. The van der Waals surface area contributed by atoms with E-state index in [-0.39, 0.29) is 6.04 Å². The van der Waals surface area contributed by atoms with Crippen molar-refractivity contribution < 1.29 is 13.9 Å². The van der Waals surface area contributed by atoms with E-state index in [1.165, 1.54) is 4.90 Å². The first kappa shape index (κ1) is 24.9. The molecular formula is C26H33N3O3S2. The van der Waals surface area contributed by atoms with Crippen LogP contribution in [-0.2, 0) is 4.74 Å². The maximum atomic E-state index is 6.28. The Kier molecular flexibility index (Phi) is 8.72. The fourth-order valence-corrected chi connectivity index (χ4v) is 5.06. The summed E-state index contributed by atoms with van der Waals surface area (Å²) >= 11 is 7.64. The number of hydrogen-bond donors (Lipinski definition) is 1. The molecule has 1 fully saturated rings. The number of rotatable bonds is 9. The van der Waals surface area contributed by atoms with Gasteiger partial charge in [0.1, 0.15) is 5.76 Å². The van der Waals surface area contributed by atoms with Crippen LogP contribution in [0.1, 0.15) is 25.1 Å². The maximum absolute atomic E-state index is 6.28. The van der Waals surface area contributed by atoms with Crippen molar-refractivity contribution in [2.75, 3.05) is 58.1 Å². The number of hydrogen-bond acceptors (Lipinski definition) is 6. The minimum atomic E-state index is -0.0365. The number of fused-ring (bicyclic) bond motifs is 1. The Morgan fingerprint density at radius 3 is 2.76 bits per heavy atom. The fourth-order valence-electron chi connectivity index (χ4n) is 4.23. The largest absolute Gasteiger partial charge is 0.493 e. The van der Waals surface area contributed by atoms with E-state index in [2.05, 4.69) is 58.6 Å². The van der Waals surface area contributed by atoms with Gasteiger partial charge in [0.25, 0.3) is 0 Å². The lowest BCUT2D eigenvalue weighted by Crippen LogP contribution is -2.41. The van der Waals surface area contributed by atoms with Crippen LogP contribution in [0.15, 0.2) is 57.8 Å². The number of thioether (sulfide) groups is 1. The van der Waals surface area contributed by atoms with Gasteiger partial charge in [0, 0.05) is 42.1 Å². The number of ether oxygens (including phenoxy) is 2. The third kappa shape index (κ3) is 6.05. The number of methoxy groups -OCH3 is 1. The molecule has 182 valence electrons. The van der Waals surface area contributed by atoms with Gasteiger partial charge in [-0.25, -0.2) is 0 Å². The zero-order valence-electron chi connectivity index (χ0n) is 20.1. The number of para-hydroxylation sites is 1. The summed E-state index contributed by atoms with van der Waals surface area (Å²) < 4.78 is 17.3. The zero-order valence-corrected chi connectivity index (χ0v) is 21.7. The van der Waals surface area contributed by atoms with Gasteiger partial charge in [0.05, 0.1) is 26.4 Å². The van der Waals surface area contributed by atoms with Gasteiger partial charge in [-0.2, -0.15) is 0 Å². The zero-order chi connectivity index (χ0) is 23.9. The summed E-state index contributed by atoms with van der Waals surface area (Å²) in [6.07, 6.45) is 3.08. The number of furan rings is 1. The Bertz CT molecular complexity index is 1100. The molecule has 0 aliphatic carbocycles. The van der Waals surface area contributed by atoms with Crippen molar-refractivity contribution in [3.63, 3.8) is 0 Å². The van der Waals surface area contributed by atoms with E-state index in [1.807, 2.05) is 18.2 Å². The molecule has 0 saturated carbocycles. The first-order valence-electron chi connectivity index (χ1n) is 11.7. The van der Waals surface area contributed by atoms with Crippen LogP contribution in [0.2, 0.25) is 0 Å². The lowest BCUT2D eigenvalue weighted by atomic mass is 10.2. The lowest BCUT2D eigenvalue weighted by molar-refractivity contribution is 0.0365. The Morgan fingerprint density at radius 1 is 1.21 bits per heavy atom. The van der Waals surface area contributed by atoms with Crippen molar-refractivity contribution in [2.45, 2.75) is 24.3 Å². The molecule has 0 radical (unpaired) electrons. The quantitative estimate of drug-likeness (QED) is 0.300. The summed E-state index contributed by atoms with van der Waals surface area (Å²) in [5.74, 6) is 1.61. The Hall–Kier alpha value is -2.26. The molecule has 3 aromatic rings. The molecule has 1 unspecified atom stereocenters. The van der Waals surface area contributed by atoms with E-state index in [0.717, 1.165) is 74.0 Å². The summed E-state index contributed by atoms with van der Waals surface area (Å²) in [4.78, 5) is 5.88. The lowest BCUT2D eigenvalue weighted by Gasteiger charge is -2.32. The van der Waals surface area contributed by atoms with Gasteiger partial charge in [-0.1, -0.05) is 18.2 Å². The third-order valence-electron chi connectivity index (χ3n) is 6.19. The first-order chi connectivity index (χ1) is 16.6. The number of nitrogens with one attached hydrogen (secondary N) is 1. The highest BCUT2D eigenvalue weighted by molar-refractivity contribution is 7.98. The van der Waals surface area contributed by atoms with Crippen molar-refractivity contribution in [3.8, 4) is 5.75 Å². The van der Waals surface area contributed by atoms with Crippen LogP contribution < -0.4 is 10.1 Å². The van der Waals surface area contributed by atoms with Crippen molar-refractivity contribution in [1.29, 1.82) is 0 Å². The van der Waals surface area contributed by atoms with Gasteiger partial charge in [-0.3, -0.25) is 4.90 Å². The van der Waals surface area contributed by atoms with Gasteiger partial charge in [-0.05, 0) is 62.2 Å². The first-order valence-corrected chi connectivity index (χ1v) is 13.3. The molecule has 1 aliphatic rings. The van der Waals surface area contributed by atoms with Gasteiger partial charge in [-0.15, -0.1) is 11.8 Å². The predicted octanol–water partition coefficient (Wildman–Crippen LogP) is 5.65. The summed E-state index contributed by atoms with van der Waals surface area (Å²) in [7, 11) is 1.67. The van der Waals surface area contributed by atoms with E-state index < -0.39 is 0 Å². The third-order valence-corrected chi connectivity index (χ3v) is 7.25. The molecule has 4 rings (SSSR count). The van der Waals surface area contributed by atoms with Crippen molar-refractivity contribution in [2.24, 2.45) is 0 Å². The van der Waals surface area contributed by atoms with Crippen LogP contribution >= 0.6 is 24.0 Å². The number of anilines is 1. The fraction of sp³-hybridized carbons (Fsp3) is 0.423. The smallest absolute Gasteiger partial charge is 0.176 e.